The molecule has 0 saturated heterocycles. The van der Waals surface area contributed by atoms with Crippen LogP contribution in [0.5, 0.6) is 0 Å². The van der Waals surface area contributed by atoms with Gasteiger partial charge in [-0.3, -0.25) is 4.79 Å². The molecule has 1 aromatic rings. The Morgan fingerprint density at radius 2 is 2.11 bits per heavy atom. The van der Waals surface area contributed by atoms with Crippen LogP contribution in [-0.4, -0.2) is 40.4 Å². The molecule has 19 heavy (non-hydrogen) atoms. The van der Waals surface area contributed by atoms with Crippen LogP contribution in [0.3, 0.4) is 0 Å². The van der Waals surface area contributed by atoms with Crippen LogP contribution in [0.4, 0.5) is 5.82 Å². The summed E-state index contributed by atoms with van der Waals surface area (Å²) in [6.45, 7) is 7.04. The summed E-state index contributed by atoms with van der Waals surface area (Å²) in [6.07, 6.45) is 6.25. The lowest BCUT2D eigenvalue weighted by molar-refractivity contribution is 0.0787. The number of aromatic nitrogens is 2. The first-order valence-electron chi connectivity index (χ1n) is 6.92. The molecule has 1 rings (SSSR count). The first-order valence-corrected chi connectivity index (χ1v) is 6.92. The molecule has 0 spiro atoms. The molecule has 0 aliphatic heterocycles. The third-order valence-electron chi connectivity index (χ3n) is 3.07. The van der Waals surface area contributed by atoms with E-state index in [0.717, 1.165) is 25.8 Å². The fourth-order valence-electron chi connectivity index (χ4n) is 1.56. The largest absolute Gasteiger partial charge is 0.366 e. The van der Waals surface area contributed by atoms with Crippen LogP contribution in [0.15, 0.2) is 12.4 Å². The second-order valence-electron chi connectivity index (χ2n) is 4.82. The van der Waals surface area contributed by atoms with E-state index in [9.17, 15) is 4.79 Å². The van der Waals surface area contributed by atoms with Crippen LogP contribution >= 0.6 is 0 Å². The summed E-state index contributed by atoms with van der Waals surface area (Å²) in [4.78, 5) is 22.1. The highest BCUT2D eigenvalue weighted by Crippen LogP contribution is 2.06. The number of anilines is 1. The molecule has 0 aliphatic rings. The monoisotopic (exact) mass is 264 g/mol. The molecule has 1 aromatic heterocycles. The number of hydrogen-bond donors (Lipinski definition) is 1. The third-order valence-corrected chi connectivity index (χ3v) is 3.07. The number of rotatable bonds is 7. The van der Waals surface area contributed by atoms with Crippen LogP contribution in [0.1, 0.15) is 50.5 Å². The smallest absolute Gasteiger partial charge is 0.273 e. The Balaban J connectivity index is 2.62. The van der Waals surface area contributed by atoms with Gasteiger partial charge in [0.2, 0.25) is 0 Å². The lowest BCUT2D eigenvalue weighted by Crippen LogP contribution is -2.28. The second kappa shape index (κ2) is 7.71. The summed E-state index contributed by atoms with van der Waals surface area (Å²) in [7, 11) is 1.80. The van der Waals surface area contributed by atoms with Crippen molar-refractivity contribution < 1.29 is 4.79 Å². The Morgan fingerprint density at radius 3 is 2.63 bits per heavy atom. The predicted molar refractivity (Wildman–Crippen MR) is 77.3 cm³/mol. The van der Waals surface area contributed by atoms with Crippen LogP contribution in [0.25, 0.3) is 0 Å². The highest BCUT2D eigenvalue weighted by atomic mass is 16.2. The summed E-state index contributed by atoms with van der Waals surface area (Å²) in [5.74, 6) is 0.637. The lowest BCUT2D eigenvalue weighted by Gasteiger charge is -2.16. The van der Waals surface area contributed by atoms with E-state index >= 15 is 0 Å². The Morgan fingerprint density at radius 1 is 1.37 bits per heavy atom. The van der Waals surface area contributed by atoms with Crippen molar-refractivity contribution >= 4 is 11.7 Å². The van der Waals surface area contributed by atoms with Gasteiger partial charge in [-0.1, -0.05) is 20.3 Å². The number of carbonyl (C=O) groups excluding carboxylic acids is 1. The van der Waals surface area contributed by atoms with Crippen molar-refractivity contribution in [2.24, 2.45) is 0 Å². The molecule has 1 N–H and O–H groups in total. The molecular weight excluding hydrogens is 240 g/mol. The quantitative estimate of drug-likeness (QED) is 0.822. The summed E-state index contributed by atoms with van der Waals surface area (Å²) >= 11 is 0. The lowest BCUT2D eigenvalue weighted by atomic mass is 10.2. The minimum Gasteiger partial charge on any atom is -0.366 e. The zero-order valence-electron chi connectivity index (χ0n) is 12.3. The topological polar surface area (TPSA) is 58.1 Å². The summed E-state index contributed by atoms with van der Waals surface area (Å²) in [5, 5.41) is 3.22. The Bertz CT molecular complexity index is 391. The Kier molecular flexibility index (Phi) is 6.25. The van der Waals surface area contributed by atoms with Crippen LogP contribution in [-0.2, 0) is 0 Å². The minimum atomic E-state index is -0.0731. The van der Waals surface area contributed by atoms with Crippen molar-refractivity contribution in [3.8, 4) is 0 Å². The van der Waals surface area contributed by atoms with Gasteiger partial charge in [-0.25, -0.2) is 9.97 Å². The van der Waals surface area contributed by atoms with Crippen molar-refractivity contribution in [3.05, 3.63) is 18.1 Å². The molecule has 5 heteroatoms. The maximum absolute atomic E-state index is 12.0. The zero-order valence-corrected chi connectivity index (χ0v) is 12.3. The fraction of sp³-hybridized carbons (Fsp3) is 0.643. The first-order chi connectivity index (χ1) is 9.08. The molecule has 0 fully saturated rings. The van der Waals surface area contributed by atoms with E-state index in [1.807, 2.05) is 0 Å². The van der Waals surface area contributed by atoms with E-state index < -0.39 is 0 Å². The average molecular weight is 264 g/mol. The van der Waals surface area contributed by atoms with Gasteiger partial charge in [0.05, 0.1) is 12.4 Å². The third kappa shape index (κ3) is 4.85. The van der Waals surface area contributed by atoms with Gasteiger partial charge in [0.1, 0.15) is 11.5 Å². The molecular formula is C14H24N4O. The van der Waals surface area contributed by atoms with Gasteiger partial charge in [0, 0.05) is 19.6 Å². The zero-order chi connectivity index (χ0) is 14.3. The van der Waals surface area contributed by atoms with Gasteiger partial charge < -0.3 is 10.2 Å². The fourth-order valence-corrected chi connectivity index (χ4v) is 1.56. The van der Waals surface area contributed by atoms with Crippen LogP contribution in [0, 0.1) is 0 Å². The van der Waals surface area contributed by atoms with Gasteiger partial charge in [0.15, 0.2) is 0 Å². The maximum atomic E-state index is 12.0. The van der Waals surface area contributed by atoms with Gasteiger partial charge in [-0.15, -0.1) is 0 Å². The van der Waals surface area contributed by atoms with E-state index in [-0.39, 0.29) is 5.91 Å². The molecule has 0 aromatic carbocycles. The number of nitrogens with zero attached hydrogens (tertiary/aromatic N) is 3. The second-order valence-corrected chi connectivity index (χ2v) is 4.82. The van der Waals surface area contributed by atoms with Crippen molar-refractivity contribution in [3.63, 3.8) is 0 Å². The standard InChI is InChI=1S/C14H24N4O/c1-5-7-8-18(4)14(19)12-9-16-13(10-15-12)17-11(3)6-2/h9-11H,5-8H2,1-4H3,(H,16,17). The van der Waals surface area contributed by atoms with E-state index in [1.54, 1.807) is 18.1 Å². The molecule has 0 bridgehead atoms. The van der Waals surface area contributed by atoms with E-state index in [0.29, 0.717) is 17.6 Å². The van der Waals surface area contributed by atoms with E-state index in [2.05, 4.69) is 36.1 Å². The van der Waals surface area contributed by atoms with E-state index in [1.165, 1.54) is 6.20 Å². The average Bonchev–Trinajstić information content (AvgIpc) is 2.44. The Hall–Kier alpha value is -1.65. The van der Waals surface area contributed by atoms with Crippen molar-refractivity contribution in [1.82, 2.24) is 14.9 Å². The number of hydrogen-bond acceptors (Lipinski definition) is 4. The molecule has 0 aliphatic carbocycles. The van der Waals surface area contributed by atoms with Gasteiger partial charge in [0.25, 0.3) is 5.91 Å². The predicted octanol–water partition coefficient (Wildman–Crippen LogP) is 2.56. The normalized spacial score (nSPS) is 12.0. The van der Waals surface area contributed by atoms with Crippen molar-refractivity contribution in [2.75, 3.05) is 18.9 Å². The van der Waals surface area contributed by atoms with Crippen LogP contribution in [0.2, 0.25) is 0 Å². The molecule has 1 amide bonds. The molecule has 1 unspecified atom stereocenters. The SMILES string of the molecule is CCCCN(C)C(=O)c1cnc(NC(C)CC)cn1. The highest BCUT2D eigenvalue weighted by molar-refractivity contribution is 5.91. The Labute approximate surface area is 115 Å². The summed E-state index contributed by atoms with van der Waals surface area (Å²) < 4.78 is 0. The summed E-state index contributed by atoms with van der Waals surface area (Å²) in [6, 6.07) is 0.350. The van der Waals surface area contributed by atoms with Gasteiger partial charge in [-0.2, -0.15) is 0 Å². The van der Waals surface area contributed by atoms with E-state index in [4.69, 9.17) is 0 Å². The molecule has 106 valence electrons. The molecule has 0 saturated carbocycles. The number of unbranched alkanes of at least 4 members (excludes halogenated alkanes) is 1. The number of nitrogens with one attached hydrogen (secondary N) is 1. The van der Waals surface area contributed by atoms with Gasteiger partial charge >= 0.3 is 0 Å². The molecule has 0 radical (unpaired) electrons. The van der Waals surface area contributed by atoms with Crippen molar-refractivity contribution in [2.45, 2.75) is 46.1 Å². The van der Waals surface area contributed by atoms with Crippen LogP contribution < -0.4 is 5.32 Å². The number of amides is 1. The molecule has 1 heterocycles. The summed E-state index contributed by atoms with van der Waals surface area (Å²) in [5.41, 5.74) is 0.397. The maximum Gasteiger partial charge on any atom is 0.273 e. The molecule has 1 atom stereocenters. The highest BCUT2D eigenvalue weighted by Gasteiger charge is 2.13. The van der Waals surface area contributed by atoms with Gasteiger partial charge in [-0.05, 0) is 19.8 Å². The number of carbonyl (C=O) groups is 1. The first kappa shape index (κ1) is 15.4. The minimum absolute atomic E-state index is 0.0731. The van der Waals surface area contributed by atoms with Crippen molar-refractivity contribution in [1.29, 1.82) is 0 Å². The molecule has 5 nitrogen and oxygen atoms in total.